The lowest BCUT2D eigenvalue weighted by Gasteiger charge is -2.12. The molecule has 0 saturated heterocycles. The van der Waals surface area contributed by atoms with E-state index < -0.39 is 0 Å². The lowest BCUT2D eigenvalue weighted by molar-refractivity contribution is 0.0935. The molecule has 2 N–H and O–H groups in total. The van der Waals surface area contributed by atoms with E-state index in [1.165, 1.54) is 0 Å². The molecule has 1 fully saturated rings. The first-order valence-electron chi connectivity index (χ1n) is 6.32. The molecule has 3 rings (SSSR count). The van der Waals surface area contributed by atoms with Crippen LogP contribution in [0, 0.1) is 5.41 Å². The number of benzene rings is 1. The van der Waals surface area contributed by atoms with Gasteiger partial charge in [-0.2, -0.15) is 0 Å². The van der Waals surface area contributed by atoms with Crippen molar-refractivity contribution in [3.05, 3.63) is 23.8 Å². The summed E-state index contributed by atoms with van der Waals surface area (Å²) in [6.45, 7) is 0.664. The van der Waals surface area contributed by atoms with Crippen LogP contribution in [0.5, 0.6) is 0 Å². The maximum atomic E-state index is 12.0. The van der Waals surface area contributed by atoms with Crippen molar-refractivity contribution >= 4 is 16.9 Å². The average molecular weight is 260 g/mol. The topological polar surface area (TPSA) is 80.0 Å². The van der Waals surface area contributed by atoms with Crippen molar-refractivity contribution in [3.8, 4) is 0 Å². The molecule has 1 aliphatic rings. The summed E-state index contributed by atoms with van der Waals surface area (Å²) in [5.74, 6) is -0.132. The Labute approximate surface area is 110 Å². The Morgan fingerprint density at radius 2 is 2.32 bits per heavy atom. The van der Waals surface area contributed by atoms with Crippen LogP contribution in [0.15, 0.2) is 18.2 Å². The van der Waals surface area contributed by atoms with Crippen LogP contribution in [-0.2, 0) is 7.05 Å². The second-order valence-electron chi connectivity index (χ2n) is 5.26. The molecule has 0 atom stereocenters. The first-order valence-corrected chi connectivity index (χ1v) is 6.32. The maximum absolute atomic E-state index is 12.0. The lowest BCUT2D eigenvalue weighted by atomic mass is 10.1. The highest BCUT2D eigenvalue weighted by Gasteiger charge is 2.42. The molecule has 0 bridgehead atoms. The number of aryl methyl sites for hydroxylation is 1. The van der Waals surface area contributed by atoms with E-state index in [1.807, 2.05) is 13.1 Å². The quantitative estimate of drug-likeness (QED) is 0.837. The van der Waals surface area contributed by atoms with E-state index in [0.29, 0.717) is 17.6 Å². The minimum Gasteiger partial charge on any atom is -0.396 e. The van der Waals surface area contributed by atoms with Crippen molar-refractivity contribution in [2.24, 2.45) is 12.5 Å². The van der Waals surface area contributed by atoms with Crippen LogP contribution < -0.4 is 5.32 Å². The number of fused-ring (bicyclic) bond motifs is 1. The number of rotatable bonds is 4. The molecule has 19 heavy (non-hydrogen) atoms. The van der Waals surface area contributed by atoms with Crippen LogP contribution >= 0.6 is 0 Å². The number of nitrogens with one attached hydrogen (secondary N) is 1. The number of amides is 1. The van der Waals surface area contributed by atoms with Crippen LogP contribution in [0.25, 0.3) is 11.0 Å². The van der Waals surface area contributed by atoms with Gasteiger partial charge in [0.1, 0.15) is 5.52 Å². The molecule has 1 amide bonds. The van der Waals surface area contributed by atoms with E-state index in [9.17, 15) is 9.90 Å². The lowest BCUT2D eigenvalue weighted by Crippen LogP contribution is -2.31. The fourth-order valence-corrected chi connectivity index (χ4v) is 2.12. The van der Waals surface area contributed by atoms with E-state index in [-0.39, 0.29) is 17.9 Å². The summed E-state index contributed by atoms with van der Waals surface area (Å²) < 4.78 is 1.67. The van der Waals surface area contributed by atoms with Gasteiger partial charge in [-0.15, -0.1) is 5.10 Å². The summed E-state index contributed by atoms with van der Waals surface area (Å²) in [7, 11) is 1.81. The predicted octanol–water partition coefficient (Wildman–Crippen LogP) is 0.471. The highest BCUT2D eigenvalue weighted by molar-refractivity contribution is 5.97. The first-order chi connectivity index (χ1) is 9.13. The zero-order valence-electron chi connectivity index (χ0n) is 10.8. The summed E-state index contributed by atoms with van der Waals surface area (Å²) >= 11 is 0. The van der Waals surface area contributed by atoms with Gasteiger partial charge >= 0.3 is 0 Å². The van der Waals surface area contributed by atoms with Gasteiger partial charge in [-0.05, 0) is 31.0 Å². The predicted molar refractivity (Wildman–Crippen MR) is 69.6 cm³/mol. The van der Waals surface area contributed by atoms with E-state index in [4.69, 9.17) is 0 Å². The number of hydrogen-bond donors (Lipinski definition) is 2. The third-order valence-corrected chi connectivity index (χ3v) is 3.79. The van der Waals surface area contributed by atoms with Crippen molar-refractivity contribution in [1.29, 1.82) is 0 Å². The summed E-state index contributed by atoms with van der Waals surface area (Å²) in [5.41, 5.74) is 2.09. The van der Waals surface area contributed by atoms with E-state index in [2.05, 4.69) is 15.6 Å². The molecule has 0 unspecified atom stereocenters. The standard InChI is InChI=1S/C13H16N4O2/c1-17-11-3-2-9(6-10(11)15-16-17)12(19)14-7-13(8-18)4-5-13/h2-3,6,18H,4-5,7-8H2,1H3,(H,14,19). The van der Waals surface area contributed by atoms with Crippen LogP contribution in [-0.4, -0.2) is 39.2 Å². The van der Waals surface area contributed by atoms with Gasteiger partial charge in [0.2, 0.25) is 0 Å². The van der Waals surface area contributed by atoms with E-state index >= 15 is 0 Å². The molecule has 6 nitrogen and oxygen atoms in total. The van der Waals surface area contributed by atoms with Gasteiger partial charge in [0.05, 0.1) is 12.1 Å². The zero-order chi connectivity index (χ0) is 13.5. The molecule has 0 aliphatic heterocycles. The monoisotopic (exact) mass is 260 g/mol. The van der Waals surface area contributed by atoms with Crippen molar-refractivity contribution in [2.75, 3.05) is 13.2 Å². The number of hydrogen-bond acceptors (Lipinski definition) is 4. The fourth-order valence-electron chi connectivity index (χ4n) is 2.12. The zero-order valence-corrected chi connectivity index (χ0v) is 10.8. The number of aromatic nitrogens is 3. The highest BCUT2D eigenvalue weighted by atomic mass is 16.3. The largest absolute Gasteiger partial charge is 0.396 e. The highest BCUT2D eigenvalue weighted by Crippen LogP contribution is 2.44. The van der Waals surface area contributed by atoms with Gasteiger partial charge in [-0.25, -0.2) is 4.68 Å². The molecule has 1 heterocycles. The van der Waals surface area contributed by atoms with Crippen LogP contribution in [0.2, 0.25) is 0 Å². The average Bonchev–Trinajstić information content (AvgIpc) is 3.14. The molecule has 0 radical (unpaired) electrons. The third-order valence-electron chi connectivity index (χ3n) is 3.79. The molecule has 1 saturated carbocycles. The van der Waals surface area contributed by atoms with Gasteiger partial charge < -0.3 is 10.4 Å². The number of aliphatic hydroxyl groups excluding tert-OH is 1. The minimum atomic E-state index is -0.132. The summed E-state index contributed by atoms with van der Waals surface area (Å²) in [6, 6.07) is 5.33. The smallest absolute Gasteiger partial charge is 0.251 e. The van der Waals surface area contributed by atoms with Crippen molar-refractivity contribution in [3.63, 3.8) is 0 Å². The number of aliphatic hydroxyl groups is 1. The number of carbonyl (C=O) groups excluding carboxylic acids is 1. The molecular formula is C13H16N4O2. The Hall–Kier alpha value is -1.95. The SMILES string of the molecule is Cn1nnc2cc(C(=O)NCC3(CO)CC3)ccc21. The van der Waals surface area contributed by atoms with Crippen LogP contribution in [0.4, 0.5) is 0 Å². The minimum absolute atomic E-state index is 0.0771. The molecule has 0 spiro atoms. The first kappa shape index (κ1) is 12.1. The molecular weight excluding hydrogens is 244 g/mol. The number of nitrogens with zero attached hydrogens (tertiary/aromatic N) is 3. The summed E-state index contributed by atoms with van der Waals surface area (Å²) in [6.07, 6.45) is 1.96. The van der Waals surface area contributed by atoms with E-state index in [0.717, 1.165) is 18.4 Å². The fraction of sp³-hybridized carbons (Fsp3) is 0.462. The van der Waals surface area contributed by atoms with Crippen LogP contribution in [0.1, 0.15) is 23.2 Å². The Morgan fingerprint density at radius 1 is 1.53 bits per heavy atom. The Morgan fingerprint density at radius 3 is 3.00 bits per heavy atom. The Kier molecular flexibility index (Phi) is 2.74. The van der Waals surface area contributed by atoms with Crippen molar-refractivity contribution in [2.45, 2.75) is 12.8 Å². The summed E-state index contributed by atoms with van der Waals surface area (Å²) in [5, 5.41) is 20.0. The molecule has 1 aliphatic carbocycles. The normalized spacial score (nSPS) is 16.5. The Balaban J connectivity index is 1.74. The van der Waals surface area contributed by atoms with Crippen molar-refractivity contribution in [1.82, 2.24) is 20.3 Å². The van der Waals surface area contributed by atoms with Gasteiger partial charge in [-0.3, -0.25) is 4.79 Å². The van der Waals surface area contributed by atoms with E-state index in [1.54, 1.807) is 16.8 Å². The second-order valence-corrected chi connectivity index (χ2v) is 5.26. The molecule has 100 valence electrons. The van der Waals surface area contributed by atoms with Gasteiger partial charge in [0.25, 0.3) is 5.91 Å². The second kappa shape index (κ2) is 4.31. The van der Waals surface area contributed by atoms with Crippen molar-refractivity contribution < 1.29 is 9.90 Å². The molecule has 2 aromatic rings. The molecule has 1 aromatic heterocycles. The van der Waals surface area contributed by atoms with Crippen LogP contribution in [0.3, 0.4) is 0 Å². The Bertz CT molecular complexity index is 631. The molecule has 1 aromatic carbocycles. The van der Waals surface area contributed by atoms with Gasteiger partial charge in [-0.1, -0.05) is 5.21 Å². The summed E-state index contributed by atoms with van der Waals surface area (Å²) in [4.78, 5) is 12.0. The van der Waals surface area contributed by atoms with Gasteiger partial charge in [0, 0.05) is 24.6 Å². The number of carbonyl (C=O) groups is 1. The van der Waals surface area contributed by atoms with Gasteiger partial charge in [0.15, 0.2) is 0 Å². The molecule has 6 heteroatoms. The maximum Gasteiger partial charge on any atom is 0.251 e. The third kappa shape index (κ3) is 2.19.